The minimum atomic E-state index is 0.754. The van der Waals surface area contributed by atoms with Crippen molar-refractivity contribution in [2.45, 2.75) is 53.4 Å². The number of hydrogen-bond donors (Lipinski definition) is 0. The summed E-state index contributed by atoms with van der Waals surface area (Å²) in [6.07, 6.45) is 35.0. The van der Waals surface area contributed by atoms with Gasteiger partial charge in [0.25, 0.3) is 0 Å². The summed E-state index contributed by atoms with van der Waals surface area (Å²) in [5.74, 6) is 0. The molecule has 0 saturated heterocycles. The molecule has 0 amide bonds. The van der Waals surface area contributed by atoms with Gasteiger partial charge in [-0.3, -0.25) is 19.9 Å². The lowest BCUT2D eigenvalue weighted by molar-refractivity contribution is 1.10. The van der Waals surface area contributed by atoms with Gasteiger partial charge in [0.15, 0.2) is 0 Å². The molecule has 46 heavy (non-hydrogen) atoms. The van der Waals surface area contributed by atoms with Crippen molar-refractivity contribution in [1.82, 2.24) is 29.9 Å². The third kappa shape index (κ3) is 8.85. The Morgan fingerprint density at radius 3 is 0.804 bits per heavy atom. The van der Waals surface area contributed by atoms with E-state index in [0.717, 1.165) is 70.7 Å². The summed E-state index contributed by atoms with van der Waals surface area (Å²) in [4.78, 5) is 28.0. The summed E-state index contributed by atoms with van der Waals surface area (Å²) in [5.41, 5.74) is 11.8. The van der Waals surface area contributed by atoms with Crippen molar-refractivity contribution in [3.05, 3.63) is 141 Å². The summed E-state index contributed by atoms with van der Waals surface area (Å²) in [7, 11) is 0. The molecule has 5 heterocycles. The highest BCUT2D eigenvalue weighted by molar-refractivity contribution is 5.81. The molecule has 5 aromatic heterocycles. The van der Waals surface area contributed by atoms with E-state index in [9.17, 15) is 0 Å². The van der Waals surface area contributed by atoms with Crippen LogP contribution in [0.15, 0.2) is 73.8 Å². The molecule has 0 radical (unpaired) electrons. The predicted molar refractivity (Wildman–Crippen MR) is 192 cm³/mol. The van der Waals surface area contributed by atoms with E-state index >= 15 is 0 Å². The maximum Gasteiger partial charge on any atom is 0.0894 e. The number of pyridine rings is 4. The molecule has 6 heteroatoms. The van der Waals surface area contributed by atoms with Crippen LogP contribution >= 0.6 is 0 Å². The van der Waals surface area contributed by atoms with E-state index in [-0.39, 0.29) is 0 Å². The van der Waals surface area contributed by atoms with Gasteiger partial charge in [-0.1, -0.05) is 52.0 Å². The van der Waals surface area contributed by atoms with Gasteiger partial charge in [-0.25, -0.2) is 9.97 Å². The van der Waals surface area contributed by atoms with E-state index in [2.05, 4.69) is 71.9 Å². The third-order valence-corrected chi connectivity index (χ3v) is 7.64. The van der Waals surface area contributed by atoms with Gasteiger partial charge < -0.3 is 0 Å². The molecule has 0 atom stereocenters. The van der Waals surface area contributed by atoms with E-state index in [1.165, 1.54) is 22.3 Å². The normalized spacial score (nSPS) is 11.9. The number of nitrogens with zero attached hydrogens (tertiary/aromatic N) is 6. The van der Waals surface area contributed by atoms with Gasteiger partial charge in [0, 0.05) is 49.6 Å². The van der Waals surface area contributed by atoms with Crippen molar-refractivity contribution in [2.75, 3.05) is 0 Å². The Morgan fingerprint density at radius 2 is 0.587 bits per heavy atom. The first-order valence-electron chi connectivity index (χ1n) is 16.0. The van der Waals surface area contributed by atoms with E-state index < -0.39 is 0 Å². The fourth-order valence-corrected chi connectivity index (χ4v) is 4.85. The van der Waals surface area contributed by atoms with Gasteiger partial charge in [0.05, 0.1) is 22.8 Å². The molecule has 5 aromatic rings. The average molecular weight is 605 g/mol. The highest BCUT2D eigenvalue weighted by Gasteiger charge is 2.09. The molecule has 0 spiro atoms. The van der Waals surface area contributed by atoms with E-state index in [0.29, 0.717) is 0 Å². The van der Waals surface area contributed by atoms with Crippen molar-refractivity contribution in [1.29, 1.82) is 0 Å². The second-order valence-corrected chi connectivity index (χ2v) is 11.0. The average Bonchev–Trinajstić information content (AvgIpc) is 3.12. The molecule has 0 aliphatic carbocycles. The Balaban J connectivity index is 1.63. The van der Waals surface area contributed by atoms with Gasteiger partial charge in [-0.15, -0.1) is 0 Å². The largest absolute Gasteiger partial charge is 0.264 e. The topological polar surface area (TPSA) is 77.3 Å². The van der Waals surface area contributed by atoms with Crippen LogP contribution in [0, 0.1) is 0 Å². The summed E-state index contributed by atoms with van der Waals surface area (Å²) >= 11 is 0. The second kappa shape index (κ2) is 16.1. The first-order valence-corrected chi connectivity index (χ1v) is 16.0. The van der Waals surface area contributed by atoms with Crippen LogP contribution in [0.1, 0.15) is 95.0 Å². The van der Waals surface area contributed by atoms with Gasteiger partial charge >= 0.3 is 0 Å². The fourth-order valence-electron chi connectivity index (χ4n) is 4.85. The lowest BCUT2D eigenvalue weighted by Gasteiger charge is -2.08. The lowest BCUT2D eigenvalue weighted by Crippen LogP contribution is -2.00. The van der Waals surface area contributed by atoms with Crippen LogP contribution in [-0.2, 0) is 25.7 Å². The molecule has 0 aliphatic rings. The van der Waals surface area contributed by atoms with Gasteiger partial charge in [-0.05, 0) is 119 Å². The zero-order chi connectivity index (χ0) is 32.1. The van der Waals surface area contributed by atoms with Crippen molar-refractivity contribution in [3.63, 3.8) is 0 Å². The second-order valence-electron chi connectivity index (χ2n) is 11.0. The van der Waals surface area contributed by atoms with Crippen LogP contribution in [0.2, 0.25) is 0 Å². The van der Waals surface area contributed by atoms with Gasteiger partial charge in [0.2, 0.25) is 0 Å². The minimum absolute atomic E-state index is 0.754. The molecule has 5 rings (SSSR count). The molecule has 0 N–H and O–H groups in total. The SMILES string of the molecule is CCc1cncc(C=Cc2nc(C=Cc3cncc(CC)c3)c(C=Cc3cncc(CC)c3)nc2C=Cc2cncc(CC)c2)c1. The smallest absolute Gasteiger partial charge is 0.0894 e. The van der Waals surface area contributed by atoms with E-state index in [1.54, 1.807) is 0 Å². The van der Waals surface area contributed by atoms with Crippen LogP contribution in [-0.4, -0.2) is 29.9 Å². The zero-order valence-electron chi connectivity index (χ0n) is 27.1. The molecular weight excluding hydrogens is 564 g/mol. The Kier molecular flexibility index (Phi) is 11.2. The number of rotatable bonds is 12. The van der Waals surface area contributed by atoms with Gasteiger partial charge in [-0.2, -0.15) is 0 Å². The molecular formula is C40H40N6. The molecule has 0 aromatic carbocycles. The van der Waals surface area contributed by atoms with Crippen molar-refractivity contribution in [2.24, 2.45) is 0 Å². The Labute approximate surface area is 272 Å². The molecule has 0 unspecified atom stereocenters. The third-order valence-electron chi connectivity index (χ3n) is 7.64. The van der Waals surface area contributed by atoms with Crippen LogP contribution in [0.4, 0.5) is 0 Å². The molecule has 0 fully saturated rings. The van der Waals surface area contributed by atoms with Crippen LogP contribution in [0.25, 0.3) is 48.6 Å². The molecule has 6 nitrogen and oxygen atoms in total. The Bertz CT molecular complexity index is 1630. The molecule has 230 valence electrons. The van der Waals surface area contributed by atoms with E-state index in [4.69, 9.17) is 9.97 Å². The Hall–Kier alpha value is -5.36. The quantitative estimate of drug-likeness (QED) is 0.141. The van der Waals surface area contributed by atoms with Crippen LogP contribution in [0.3, 0.4) is 0 Å². The van der Waals surface area contributed by atoms with E-state index in [1.807, 2.05) is 98.2 Å². The summed E-state index contributed by atoms with van der Waals surface area (Å²) < 4.78 is 0. The van der Waals surface area contributed by atoms with Crippen LogP contribution < -0.4 is 0 Å². The van der Waals surface area contributed by atoms with Crippen molar-refractivity contribution < 1.29 is 0 Å². The number of aryl methyl sites for hydroxylation is 4. The van der Waals surface area contributed by atoms with Crippen molar-refractivity contribution in [3.8, 4) is 0 Å². The minimum Gasteiger partial charge on any atom is -0.264 e. The highest BCUT2D eigenvalue weighted by atomic mass is 14.8. The standard InChI is InChI=1S/C40H40N6/c1-5-29-17-33(25-41-21-29)9-13-37-38(14-10-34-18-30(6-2)22-42-26-34)46-40(16-12-36-20-32(8-4)24-44-28-36)39(45-37)15-11-35-19-31(7-3)23-43-27-35/h9-28H,5-8H2,1-4H3. The summed E-state index contributed by atoms with van der Waals surface area (Å²) in [6.45, 7) is 8.53. The monoisotopic (exact) mass is 604 g/mol. The van der Waals surface area contributed by atoms with Crippen molar-refractivity contribution >= 4 is 48.6 Å². The summed E-state index contributed by atoms with van der Waals surface area (Å²) in [5, 5.41) is 0. The first-order chi connectivity index (χ1) is 22.6. The molecule has 0 saturated carbocycles. The number of aromatic nitrogens is 6. The van der Waals surface area contributed by atoms with Gasteiger partial charge in [0.1, 0.15) is 0 Å². The summed E-state index contributed by atoms with van der Waals surface area (Å²) in [6, 6.07) is 8.60. The maximum absolute atomic E-state index is 5.17. The first kappa shape index (κ1) is 32.0. The molecule has 0 bridgehead atoms. The number of hydrogen-bond acceptors (Lipinski definition) is 6. The highest BCUT2D eigenvalue weighted by Crippen LogP contribution is 2.21. The zero-order valence-corrected chi connectivity index (χ0v) is 27.1. The Morgan fingerprint density at radius 1 is 0.348 bits per heavy atom. The fraction of sp³-hybridized carbons (Fsp3) is 0.200. The lowest BCUT2D eigenvalue weighted by atomic mass is 10.1. The molecule has 0 aliphatic heterocycles. The predicted octanol–water partition coefficient (Wildman–Crippen LogP) is 8.99. The maximum atomic E-state index is 5.17. The van der Waals surface area contributed by atoms with Crippen LogP contribution in [0.5, 0.6) is 0 Å².